The minimum atomic E-state index is -4.37. The summed E-state index contributed by atoms with van der Waals surface area (Å²) in [6, 6.07) is 12.5. The summed E-state index contributed by atoms with van der Waals surface area (Å²) in [4.78, 5) is 14.1. The van der Waals surface area contributed by atoms with E-state index in [4.69, 9.17) is 4.52 Å². The predicted molar refractivity (Wildman–Crippen MR) is 101 cm³/mol. The van der Waals surface area contributed by atoms with Crippen molar-refractivity contribution in [2.24, 2.45) is 0 Å². The third-order valence-corrected chi connectivity index (χ3v) is 4.51. The SMILES string of the molecule is CN(CCc1nc2ccccc2[nH]1)Cc1nc(-c2ccc(C(F)(F)F)cc2)no1. The zero-order valence-corrected chi connectivity index (χ0v) is 15.6. The van der Waals surface area contributed by atoms with Gasteiger partial charge in [0.05, 0.1) is 23.1 Å². The molecule has 2 aromatic carbocycles. The molecule has 0 amide bonds. The molecule has 0 bridgehead atoms. The fourth-order valence-electron chi connectivity index (χ4n) is 2.98. The molecule has 0 fully saturated rings. The summed E-state index contributed by atoms with van der Waals surface area (Å²) in [5.41, 5.74) is 1.69. The number of alkyl halides is 3. The van der Waals surface area contributed by atoms with E-state index in [2.05, 4.69) is 20.1 Å². The molecule has 0 aliphatic carbocycles. The van der Waals surface area contributed by atoms with Crippen LogP contribution >= 0.6 is 0 Å². The van der Waals surface area contributed by atoms with Crippen molar-refractivity contribution in [3.05, 3.63) is 65.8 Å². The second-order valence-electron chi connectivity index (χ2n) is 6.78. The van der Waals surface area contributed by atoms with Crippen LogP contribution in [0.1, 0.15) is 17.3 Å². The number of imidazole rings is 1. The van der Waals surface area contributed by atoms with Gasteiger partial charge in [0.2, 0.25) is 11.7 Å². The summed E-state index contributed by atoms with van der Waals surface area (Å²) in [5, 5.41) is 3.87. The molecular formula is C20H18F3N5O. The Balaban J connectivity index is 1.35. The minimum Gasteiger partial charge on any atom is -0.342 e. The van der Waals surface area contributed by atoms with Crippen LogP contribution in [0.25, 0.3) is 22.4 Å². The van der Waals surface area contributed by atoms with Crippen molar-refractivity contribution in [2.45, 2.75) is 19.1 Å². The lowest BCUT2D eigenvalue weighted by atomic mass is 10.1. The van der Waals surface area contributed by atoms with E-state index in [1.807, 2.05) is 36.2 Å². The number of H-pyrrole nitrogens is 1. The molecule has 2 aromatic heterocycles. The highest BCUT2D eigenvalue weighted by Crippen LogP contribution is 2.30. The highest BCUT2D eigenvalue weighted by atomic mass is 19.4. The van der Waals surface area contributed by atoms with Crippen LogP contribution in [0.5, 0.6) is 0 Å². The summed E-state index contributed by atoms with van der Waals surface area (Å²) in [5.74, 6) is 1.56. The fourth-order valence-corrected chi connectivity index (χ4v) is 2.98. The number of nitrogens with zero attached hydrogens (tertiary/aromatic N) is 4. The Morgan fingerprint density at radius 3 is 2.52 bits per heavy atom. The van der Waals surface area contributed by atoms with Gasteiger partial charge in [0.1, 0.15) is 5.82 Å². The first-order valence-electron chi connectivity index (χ1n) is 9.01. The van der Waals surface area contributed by atoms with Gasteiger partial charge in [0.15, 0.2) is 0 Å². The van der Waals surface area contributed by atoms with Gasteiger partial charge in [0.25, 0.3) is 0 Å². The van der Waals surface area contributed by atoms with Crippen molar-refractivity contribution in [1.82, 2.24) is 25.0 Å². The van der Waals surface area contributed by atoms with Gasteiger partial charge in [-0.3, -0.25) is 4.90 Å². The summed E-state index contributed by atoms with van der Waals surface area (Å²) < 4.78 is 43.2. The van der Waals surface area contributed by atoms with Crippen molar-refractivity contribution in [2.75, 3.05) is 13.6 Å². The number of rotatable bonds is 6. The molecule has 0 aliphatic rings. The molecule has 0 atom stereocenters. The number of halogens is 3. The van der Waals surface area contributed by atoms with Crippen LogP contribution in [0.3, 0.4) is 0 Å². The lowest BCUT2D eigenvalue weighted by Gasteiger charge is -2.12. The Morgan fingerprint density at radius 2 is 1.79 bits per heavy atom. The molecule has 0 spiro atoms. The van der Waals surface area contributed by atoms with Crippen LogP contribution in [0.4, 0.5) is 13.2 Å². The average Bonchev–Trinajstić information content (AvgIpc) is 3.32. The molecule has 0 saturated heterocycles. The Bertz CT molecular complexity index is 1070. The largest absolute Gasteiger partial charge is 0.416 e. The first kappa shape index (κ1) is 19.1. The van der Waals surface area contributed by atoms with E-state index < -0.39 is 11.7 Å². The van der Waals surface area contributed by atoms with Crippen molar-refractivity contribution < 1.29 is 17.7 Å². The Kier molecular flexibility index (Phi) is 5.06. The van der Waals surface area contributed by atoms with E-state index in [1.54, 1.807) is 0 Å². The van der Waals surface area contributed by atoms with Crippen LogP contribution in [-0.2, 0) is 19.1 Å². The lowest BCUT2D eigenvalue weighted by molar-refractivity contribution is -0.137. The number of aromatic nitrogens is 4. The Labute approximate surface area is 164 Å². The second kappa shape index (κ2) is 7.67. The molecule has 4 aromatic rings. The predicted octanol–water partition coefficient (Wildman–Crippen LogP) is 4.31. The molecular weight excluding hydrogens is 383 g/mol. The zero-order valence-electron chi connectivity index (χ0n) is 15.6. The average molecular weight is 401 g/mol. The number of benzene rings is 2. The molecule has 4 rings (SSSR count). The van der Waals surface area contributed by atoms with E-state index >= 15 is 0 Å². The number of hydrogen-bond donors (Lipinski definition) is 1. The summed E-state index contributed by atoms with van der Waals surface area (Å²) >= 11 is 0. The summed E-state index contributed by atoms with van der Waals surface area (Å²) in [6.07, 6.45) is -3.64. The van der Waals surface area contributed by atoms with Gasteiger partial charge in [-0.2, -0.15) is 18.2 Å². The lowest BCUT2D eigenvalue weighted by Crippen LogP contribution is -2.21. The summed E-state index contributed by atoms with van der Waals surface area (Å²) in [6.45, 7) is 1.14. The van der Waals surface area contributed by atoms with E-state index in [-0.39, 0.29) is 5.82 Å². The number of aromatic amines is 1. The maximum atomic E-state index is 12.7. The van der Waals surface area contributed by atoms with Gasteiger partial charge in [-0.15, -0.1) is 0 Å². The topological polar surface area (TPSA) is 70.8 Å². The van der Waals surface area contributed by atoms with Crippen LogP contribution in [-0.4, -0.2) is 38.6 Å². The number of nitrogens with one attached hydrogen (secondary N) is 1. The standard InChI is InChI=1S/C20H18F3N5O/c1-28(11-10-17-24-15-4-2-3-5-16(15)25-17)12-18-26-19(27-29-18)13-6-8-14(9-7-13)20(21,22)23/h2-9H,10-12H2,1H3,(H,24,25). The van der Waals surface area contributed by atoms with Crippen molar-refractivity contribution in [1.29, 1.82) is 0 Å². The molecule has 0 unspecified atom stereocenters. The van der Waals surface area contributed by atoms with Gasteiger partial charge in [-0.05, 0) is 31.3 Å². The van der Waals surface area contributed by atoms with Gasteiger partial charge in [-0.25, -0.2) is 4.98 Å². The highest BCUT2D eigenvalue weighted by Gasteiger charge is 2.30. The molecule has 0 aliphatic heterocycles. The van der Waals surface area contributed by atoms with Crippen molar-refractivity contribution >= 4 is 11.0 Å². The zero-order chi connectivity index (χ0) is 20.4. The first-order valence-corrected chi connectivity index (χ1v) is 9.01. The third kappa shape index (κ3) is 4.45. The van der Waals surface area contributed by atoms with Crippen LogP contribution in [0.15, 0.2) is 53.1 Å². The molecule has 1 N–H and O–H groups in total. The molecule has 29 heavy (non-hydrogen) atoms. The number of likely N-dealkylation sites (N-methyl/N-ethyl adjacent to an activating group) is 1. The minimum absolute atomic E-state index is 0.263. The van der Waals surface area contributed by atoms with Crippen molar-refractivity contribution in [3.8, 4) is 11.4 Å². The van der Waals surface area contributed by atoms with Gasteiger partial charge in [-0.1, -0.05) is 29.4 Å². The fraction of sp³-hybridized carbons (Fsp3) is 0.250. The van der Waals surface area contributed by atoms with E-state index in [1.165, 1.54) is 12.1 Å². The molecule has 150 valence electrons. The van der Waals surface area contributed by atoms with Crippen molar-refractivity contribution in [3.63, 3.8) is 0 Å². The molecule has 9 heteroatoms. The van der Waals surface area contributed by atoms with E-state index in [9.17, 15) is 13.2 Å². The number of hydrogen-bond acceptors (Lipinski definition) is 5. The highest BCUT2D eigenvalue weighted by molar-refractivity contribution is 5.74. The summed E-state index contributed by atoms with van der Waals surface area (Å²) in [7, 11) is 1.92. The van der Waals surface area contributed by atoms with Crippen LogP contribution in [0.2, 0.25) is 0 Å². The second-order valence-corrected chi connectivity index (χ2v) is 6.78. The van der Waals surface area contributed by atoms with Gasteiger partial charge in [0, 0.05) is 18.5 Å². The molecule has 2 heterocycles. The monoisotopic (exact) mass is 401 g/mol. The molecule has 0 saturated carbocycles. The quantitative estimate of drug-likeness (QED) is 0.521. The smallest absolute Gasteiger partial charge is 0.342 e. The van der Waals surface area contributed by atoms with Crippen LogP contribution in [0, 0.1) is 0 Å². The third-order valence-electron chi connectivity index (χ3n) is 4.51. The number of fused-ring (bicyclic) bond motifs is 1. The molecule has 0 radical (unpaired) electrons. The van der Waals surface area contributed by atoms with E-state index in [0.29, 0.717) is 18.0 Å². The molecule has 6 nitrogen and oxygen atoms in total. The Hall–Kier alpha value is -3.20. The Morgan fingerprint density at radius 1 is 1.03 bits per heavy atom. The number of para-hydroxylation sites is 2. The normalized spacial score (nSPS) is 12.2. The van der Waals surface area contributed by atoms with Crippen LogP contribution < -0.4 is 0 Å². The maximum Gasteiger partial charge on any atom is 0.416 e. The van der Waals surface area contributed by atoms with E-state index in [0.717, 1.165) is 42.0 Å². The van der Waals surface area contributed by atoms with Gasteiger partial charge < -0.3 is 9.51 Å². The first-order chi connectivity index (χ1) is 13.9. The van der Waals surface area contributed by atoms with Gasteiger partial charge >= 0.3 is 6.18 Å². The maximum absolute atomic E-state index is 12.7.